The molecular formula is C12H12F2O. The Bertz CT molecular complexity index is 344. The van der Waals surface area contributed by atoms with Crippen molar-refractivity contribution >= 4 is 6.08 Å². The maximum Gasteiger partial charge on any atom is 0.295 e. The Morgan fingerprint density at radius 3 is 2.40 bits per heavy atom. The number of aliphatic hydroxyl groups is 1. The molecule has 0 fully saturated rings. The second kappa shape index (κ2) is 4.84. The standard InChI is InChI=1S/C12H12F2O/c1-2-12(13,14)11(15)9-8-10-6-4-3-5-7-10/h2-9,11,15H,1H2/b9-8+/t11-/m1/s1. The van der Waals surface area contributed by atoms with Crippen molar-refractivity contribution in [1.29, 1.82) is 0 Å². The number of aliphatic hydroxyl groups excluding tert-OH is 1. The predicted molar refractivity (Wildman–Crippen MR) is 56.6 cm³/mol. The summed E-state index contributed by atoms with van der Waals surface area (Å²) in [6, 6.07) is 8.92. The van der Waals surface area contributed by atoms with E-state index in [0.717, 1.165) is 11.6 Å². The molecule has 0 saturated carbocycles. The van der Waals surface area contributed by atoms with Gasteiger partial charge in [-0.3, -0.25) is 0 Å². The Morgan fingerprint density at radius 2 is 1.87 bits per heavy atom. The summed E-state index contributed by atoms with van der Waals surface area (Å²) in [5.41, 5.74) is 0.761. The van der Waals surface area contributed by atoms with Crippen LogP contribution in [0.3, 0.4) is 0 Å². The first-order valence-corrected chi connectivity index (χ1v) is 4.49. The van der Waals surface area contributed by atoms with Gasteiger partial charge in [-0.25, -0.2) is 0 Å². The summed E-state index contributed by atoms with van der Waals surface area (Å²) in [6.45, 7) is 2.96. The van der Waals surface area contributed by atoms with Gasteiger partial charge in [-0.05, 0) is 17.7 Å². The summed E-state index contributed by atoms with van der Waals surface area (Å²) >= 11 is 0. The van der Waals surface area contributed by atoms with Gasteiger partial charge in [-0.15, -0.1) is 0 Å². The Kier molecular flexibility index (Phi) is 3.74. The zero-order chi connectivity index (χ0) is 11.3. The fourth-order valence-electron chi connectivity index (χ4n) is 1.02. The van der Waals surface area contributed by atoms with Gasteiger partial charge in [0.2, 0.25) is 0 Å². The van der Waals surface area contributed by atoms with E-state index in [0.29, 0.717) is 6.08 Å². The van der Waals surface area contributed by atoms with E-state index >= 15 is 0 Å². The largest absolute Gasteiger partial charge is 0.382 e. The van der Waals surface area contributed by atoms with Crippen LogP contribution in [-0.4, -0.2) is 17.1 Å². The summed E-state index contributed by atoms with van der Waals surface area (Å²) in [4.78, 5) is 0. The Balaban J connectivity index is 2.70. The minimum absolute atomic E-state index is 0.438. The predicted octanol–water partition coefficient (Wildman–Crippen LogP) is 2.88. The van der Waals surface area contributed by atoms with Crippen LogP contribution in [-0.2, 0) is 0 Å². The molecule has 0 aliphatic heterocycles. The van der Waals surface area contributed by atoms with E-state index in [-0.39, 0.29) is 0 Å². The maximum absolute atomic E-state index is 12.8. The summed E-state index contributed by atoms with van der Waals surface area (Å²) < 4.78 is 25.7. The van der Waals surface area contributed by atoms with E-state index in [9.17, 15) is 8.78 Å². The molecule has 15 heavy (non-hydrogen) atoms. The number of rotatable bonds is 4. The van der Waals surface area contributed by atoms with Crippen LogP contribution in [0.1, 0.15) is 5.56 Å². The van der Waals surface area contributed by atoms with Crippen molar-refractivity contribution < 1.29 is 13.9 Å². The molecule has 80 valence electrons. The van der Waals surface area contributed by atoms with Gasteiger partial charge >= 0.3 is 0 Å². The Hall–Kier alpha value is -1.48. The molecule has 0 radical (unpaired) electrons. The van der Waals surface area contributed by atoms with Crippen molar-refractivity contribution in [1.82, 2.24) is 0 Å². The normalized spacial score (nSPS) is 14.1. The first-order valence-electron chi connectivity index (χ1n) is 4.49. The van der Waals surface area contributed by atoms with Crippen molar-refractivity contribution in [2.24, 2.45) is 0 Å². The average Bonchev–Trinajstić information content (AvgIpc) is 2.27. The molecule has 0 saturated heterocycles. The van der Waals surface area contributed by atoms with Crippen molar-refractivity contribution in [3.8, 4) is 0 Å². The van der Waals surface area contributed by atoms with Crippen molar-refractivity contribution in [3.05, 3.63) is 54.6 Å². The summed E-state index contributed by atoms with van der Waals surface area (Å²) in [6.07, 6.45) is 1.10. The van der Waals surface area contributed by atoms with Gasteiger partial charge in [0.05, 0.1) is 0 Å². The number of alkyl halides is 2. The van der Waals surface area contributed by atoms with Gasteiger partial charge in [0.25, 0.3) is 5.92 Å². The fourth-order valence-corrected chi connectivity index (χ4v) is 1.02. The Labute approximate surface area is 87.4 Å². The van der Waals surface area contributed by atoms with Gasteiger partial charge < -0.3 is 5.11 Å². The monoisotopic (exact) mass is 210 g/mol. The third kappa shape index (κ3) is 3.29. The molecule has 0 amide bonds. The van der Waals surface area contributed by atoms with Crippen LogP contribution in [0, 0.1) is 0 Å². The zero-order valence-corrected chi connectivity index (χ0v) is 8.11. The van der Waals surface area contributed by atoms with E-state index < -0.39 is 12.0 Å². The van der Waals surface area contributed by atoms with E-state index in [1.807, 2.05) is 6.07 Å². The van der Waals surface area contributed by atoms with E-state index in [4.69, 9.17) is 5.11 Å². The molecule has 0 bridgehead atoms. The second-order valence-corrected chi connectivity index (χ2v) is 3.09. The van der Waals surface area contributed by atoms with Gasteiger partial charge in [-0.1, -0.05) is 43.0 Å². The zero-order valence-electron chi connectivity index (χ0n) is 8.11. The quantitative estimate of drug-likeness (QED) is 0.757. The lowest BCUT2D eigenvalue weighted by atomic mass is 10.1. The molecule has 0 heterocycles. The smallest absolute Gasteiger partial charge is 0.295 e. The van der Waals surface area contributed by atoms with E-state index in [1.54, 1.807) is 24.3 Å². The van der Waals surface area contributed by atoms with Gasteiger partial charge in [0.1, 0.15) is 6.10 Å². The van der Waals surface area contributed by atoms with Crippen LogP contribution < -0.4 is 0 Å². The van der Waals surface area contributed by atoms with Crippen LogP contribution in [0.2, 0.25) is 0 Å². The topological polar surface area (TPSA) is 20.2 Å². The van der Waals surface area contributed by atoms with Crippen LogP contribution in [0.5, 0.6) is 0 Å². The van der Waals surface area contributed by atoms with Crippen molar-refractivity contribution in [2.75, 3.05) is 0 Å². The van der Waals surface area contributed by atoms with Crippen LogP contribution in [0.15, 0.2) is 49.1 Å². The van der Waals surface area contributed by atoms with Crippen molar-refractivity contribution in [3.63, 3.8) is 0 Å². The molecule has 0 aliphatic rings. The summed E-state index contributed by atoms with van der Waals surface area (Å²) in [5.74, 6) is -3.29. The van der Waals surface area contributed by atoms with E-state index in [1.165, 1.54) is 6.08 Å². The molecule has 0 spiro atoms. The van der Waals surface area contributed by atoms with Gasteiger partial charge in [0, 0.05) is 0 Å². The van der Waals surface area contributed by atoms with Gasteiger partial charge in [-0.2, -0.15) is 8.78 Å². The highest BCUT2D eigenvalue weighted by Crippen LogP contribution is 2.21. The molecule has 1 aromatic rings. The number of hydrogen-bond donors (Lipinski definition) is 1. The lowest BCUT2D eigenvalue weighted by Gasteiger charge is -2.14. The molecular weight excluding hydrogens is 198 g/mol. The first kappa shape index (κ1) is 11.6. The lowest BCUT2D eigenvalue weighted by Crippen LogP contribution is -2.28. The minimum Gasteiger partial charge on any atom is -0.382 e. The summed E-state index contributed by atoms with van der Waals surface area (Å²) in [5, 5.41) is 9.13. The maximum atomic E-state index is 12.8. The fraction of sp³-hybridized carbons (Fsp3) is 0.167. The van der Waals surface area contributed by atoms with Crippen LogP contribution >= 0.6 is 0 Å². The number of halogens is 2. The highest BCUT2D eigenvalue weighted by molar-refractivity contribution is 5.49. The van der Waals surface area contributed by atoms with Gasteiger partial charge in [0.15, 0.2) is 0 Å². The molecule has 1 aromatic carbocycles. The summed E-state index contributed by atoms with van der Waals surface area (Å²) in [7, 11) is 0. The second-order valence-electron chi connectivity index (χ2n) is 3.09. The molecule has 1 atom stereocenters. The molecule has 0 aliphatic carbocycles. The molecule has 1 rings (SSSR count). The highest BCUT2D eigenvalue weighted by Gasteiger charge is 2.32. The third-order valence-corrected chi connectivity index (χ3v) is 1.94. The third-order valence-electron chi connectivity index (χ3n) is 1.94. The molecule has 3 heteroatoms. The minimum atomic E-state index is -3.29. The lowest BCUT2D eigenvalue weighted by molar-refractivity contribution is -0.0443. The molecule has 1 nitrogen and oxygen atoms in total. The first-order chi connectivity index (χ1) is 7.06. The average molecular weight is 210 g/mol. The SMILES string of the molecule is C=CC(F)(F)[C@H](O)/C=C/c1ccccc1. The number of benzene rings is 1. The molecule has 1 N–H and O–H groups in total. The highest BCUT2D eigenvalue weighted by atomic mass is 19.3. The number of hydrogen-bond acceptors (Lipinski definition) is 1. The molecule has 0 aromatic heterocycles. The molecule has 0 unspecified atom stereocenters. The van der Waals surface area contributed by atoms with Crippen LogP contribution in [0.4, 0.5) is 8.78 Å². The van der Waals surface area contributed by atoms with Crippen LogP contribution in [0.25, 0.3) is 6.08 Å². The van der Waals surface area contributed by atoms with Crippen molar-refractivity contribution in [2.45, 2.75) is 12.0 Å². The Morgan fingerprint density at radius 1 is 1.27 bits per heavy atom. The van der Waals surface area contributed by atoms with E-state index in [2.05, 4.69) is 6.58 Å².